The Morgan fingerprint density at radius 3 is 2.27 bits per heavy atom. The van der Waals surface area contributed by atoms with E-state index in [1.165, 1.54) is 12.1 Å². The van der Waals surface area contributed by atoms with Crippen molar-refractivity contribution in [3.05, 3.63) is 143 Å². The number of amides is 1. The highest BCUT2D eigenvalue weighted by Crippen LogP contribution is 2.58. The van der Waals surface area contributed by atoms with Crippen LogP contribution in [0.2, 0.25) is 0 Å². The summed E-state index contributed by atoms with van der Waals surface area (Å²) in [6.45, 7) is 0.167. The summed E-state index contributed by atoms with van der Waals surface area (Å²) in [6, 6.07) is 34.5. The molecule has 0 saturated carbocycles. The van der Waals surface area contributed by atoms with E-state index >= 15 is 0 Å². The molecule has 198 valence electrons. The van der Waals surface area contributed by atoms with Crippen LogP contribution in [0.25, 0.3) is 16.9 Å². The Kier molecular flexibility index (Phi) is 5.47. The number of carbonyl (C=O) groups is 1. The molecule has 1 spiro atoms. The van der Waals surface area contributed by atoms with Gasteiger partial charge in [-0.15, -0.1) is 0 Å². The van der Waals surface area contributed by atoms with Gasteiger partial charge in [-0.25, -0.2) is 4.39 Å². The molecule has 2 N–H and O–H groups in total. The average molecular weight is 540 g/mol. The first-order chi connectivity index (χ1) is 20.0. The van der Waals surface area contributed by atoms with E-state index in [4.69, 9.17) is 15.6 Å². The van der Waals surface area contributed by atoms with E-state index in [0.29, 0.717) is 28.2 Å². The van der Waals surface area contributed by atoms with Gasteiger partial charge in [0.15, 0.2) is 0 Å². The van der Waals surface area contributed by atoms with Crippen LogP contribution in [0.4, 0.5) is 10.1 Å². The Morgan fingerprint density at radius 2 is 1.56 bits per heavy atom. The van der Waals surface area contributed by atoms with Gasteiger partial charge in [0.1, 0.15) is 28.6 Å². The molecule has 7 nitrogen and oxygen atoms in total. The molecule has 0 radical (unpaired) electrons. The minimum absolute atomic E-state index is 0.00570. The molecule has 7 rings (SSSR count). The Bertz CT molecular complexity index is 1890. The minimum Gasteiger partial charge on any atom is -0.422 e. The lowest BCUT2D eigenvalue weighted by molar-refractivity contribution is -0.121. The number of aromatic nitrogens is 2. The number of rotatable bonds is 4. The van der Waals surface area contributed by atoms with Crippen LogP contribution in [0.5, 0.6) is 5.88 Å². The van der Waals surface area contributed by atoms with Gasteiger partial charge in [0, 0.05) is 16.8 Å². The predicted molar refractivity (Wildman–Crippen MR) is 151 cm³/mol. The number of hydrogen-bond acceptors (Lipinski definition) is 5. The third kappa shape index (κ3) is 3.49. The second-order valence-corrected chi connectivity index (χ2v) is 9.88. The lowest BCUT2D eigenvalue weighted by Gasteiger charge is -2.33. The maximum atomic E-state index is 14.9. The van der Waals surface area contributed by atoms with Crippen molar-refractivity contribution in [3.63, 3.8) is 0 Å². The number of nitrogens with two attached hydrogens (primary N) is 1. The summed E-state index contributed by atoms with van der Waals surface area (Å²) in [5, 5.41) is 15.5. The summed E-state index contributed by atoms with van der Waals surface area (Å²) in [5.74, 6) is -0.630. The van der Waals surface area contributed by atoms with Gasteiger partial charge in [-0.05, 0) is 35.9 Å². The Balaban J connectivity index is 1.55. The quantitative estimate of drug-likeness (QED) is 0.321. The van der Waals surface area contributed by atoms with E-state index in [2.05, 4.69) is 6.07 Å². The van der Waals surface area contributed by atoms with Gasteiger partial charge in [0.2, 0.25) is 17.7 Å². The van der Waals surface area contributed by atoms with E-state index in [0.717, 1.165) is 11.1 Å². The smallest absolute Gasteiger partial charge is 0.248 e. The van der Waals surface area contributed by atoms with Gasteiger partial charge >= 0.3 is 0 Å². The molecule has 2 aliphatic rings. The molecule has 5 aromatic rings. The maximum absolute atomic E-state index is 14.9. The third-order valence-electron chi connectivity index (χ3n) is 7.62. The van der Waals surface area contributed by atoms with Crippen molar-refractivity contribution < 1.29 is 13.9 Å². The van der Waals surface area contributed by atoms with Gasteiger partial charge in [-0.1, -0.05) is 78.9 Å². The highest BCUT2D eigenvalue weighted by Gasteiger charge is 2.61. The first-order valence-corrected chi connectivity index (χ1v) is 13.0. The van der Waals surface area contributed by atoms with E-state index in [1.807, 2.05) is 84.9 Å². The summed E-state index contributed by atoms with van der Waals surface area (Å²) in [6.07, 6.45) is 0. The first-order valence-electron chi connectivity index (χ1n) is 13.0. The fourth-order valence-corrected chi connectivity index (χ4v) is 5.85. The van der Waals surface area contributed by atoms with Gasteiger partial charge in [0.05, 0.1) is 17.8 Å². The maximum Gasteiger partial charge on any atom is 0.248 e. The Hall–Kier alpha value is -5.68. The van der Waals surface area contributed by atoms with Crippen molar-refractivity contribution >= 4 is 11.6 Å². The molecule has 8 heteroatoms. The standard InChI is InChI=1S/C33H22FN5O2/c34-23-17-15-21(16-18-23)20-38-27-14-8-7-13-25(27)33(32(38)40)26(19-35)30(36)41-31-28(33)29(22-9-3-1-4-10-22)37-39(31)24-11-5-2-6-12-24/h1-18H,20,36H2/t33-/m0/s1. The number of hydrogen-bond donors (Lipinski definition) is 1. The largest absolute Gasteiger partial charge is 0.422 e. The second kappa shape index (κ2) is 9.21. The number of benzene rings is 4. The zero-order chi connectivity index (χ0) is 28.1. The number of para-hydroxylation sites is 2. The van der Waals surface area contributed by atoms with Crippen molar-refractivity contribution in [2.24, 2.45) is 5.73 Å². The van der Waals surface area contributed by atoms with Gasteiger partial charge < -0.3 is 15.4 Å². The highest BCUT2D eigenvalue weighted by atomic mass is 19.1. The summed E-state index contributed by atoms with van der Waals surface area (Å²) < 4.78 is 21.5. The van der Waals surface area contributed by atoms with Crippen LogP contribution in [0.15, 0.2) is 121 Å². The zero-order valence-electron chi connectivity index (χ0n) is 21.7. The van der Waals surface area contributed by atoms with Crippen LogP contribution in [0.1, 0.15) is 16.7 Å². The van der Waals surface area contributed by atoms with Crippen molar-refractivity contribution in [2.45, 2.75) is 12.0 Å². The van der Waals surface area contributed by atoms with Crippen LogP contribution in [-0.4, -0.2) is 15.7 Å². The fraction of sp³-hybridized carbons (Fsp3) is 0.0606. The van der Waals surface area contributed by atoms with E-state index in [9.17, 15) is 14.4 Å². The number of halogens is 1. The lowest BCUT2D eigenvalue weighted by atomic mass is 9.68. The summed E-state index contributed by atoms with van der Waals surface area (Å²) in [5.41, 5.74) is 9.19. The van der Waals surface area contributed by atoms with Crippen LogP contribution in [-0.2, 0) is 16.8 Å². The van der Waals surface area contributed by atoms with E-state index in [1.54, 1.807) is 21.7 Å². The summed E-state index contributed by atoms with van der Waals surface area (Å²) >= 11 is 0. The molecular weight excluding hydrogens is 517 g/mol. The summed E-state index contributed by atoms with van der Waals surface area (Å²) in [7, 11) is 0. The molecule has 0 bridgehead atoms. The SMILES string of the molecule is N#CC1=C(N)Oc2c(c(-c3ccccc3)nn2-c2ccccc2)[C@@]12C(=O)N(Cc1ccc(F)cc1)c1ccccc12. The molecule has 0 unspecified atom stereocenters. The van der Waals surface area contributed by atoms with E-state index < -0.39 is 5.41 Å². The monoisotopic (exact) mass is 539 g/mol. The molecule has 0 aliphatic carbocycles. The van der Waals surface area contributed by atoms with Crippen molar-refractivity contribution in [2.75, 3.05) is 4.90 Å². The highest BCUT2D eigenvalue weighted by molar-refractivity contribution is 6.15. The Morgan fingerprint density at radius 1 is 0.902 bits per heavy atom. The number of fused-ring (bicyclic) bond motifs is 4. The molecule has 4 aromatic carbocycles. The van der Waals surface area contributed by atoms with Gasteiger partial charge in [-0.3, -0.25) is 4.79 Å². The number of carbonyl (C=O) groups excluding carboxylic acids is 1. The number of nitrogens with zero attached hydrogens (tertiary/aromatic N) is 4. The van der Waals surface area contributed by atoms with E-state index in [-0.39, 0.29) is 35.6 Å². The van der Waals surface area contributed by atoms with Gasteiger partial charge in [-0.2, -0.15) is 15.0 Å². The second-order valence-electron chi connectivity index (χ2n) is 9.88. The van der Waals surface area contributed by atoms with Gasteiger partial charge in [0.25, 0.3) is 0 Å². The molecule has 3 heterocycles. The average Bonchev–Trinajstić information content (AvgIpc) is 3.50. The first kappa shape index (κ1) is 24.4. The Labute approximate surface area is 235 Å². The molecule has 2 aliphatic heterocycles. The summed E-state index contributed by atoms with van der Waals surface area (Å²) in [4.78, 5) is 16.6. The fourth-order valence-electron chi connectivity index (χ4n) is 5.85. The van der Waals surface area contributed by atoms with Crippen LogP contribution in [0, 0.1) is 17.1 Å². The lowest BCUT2D eigenvalue weighted by Crippen LogP contribution is -2.46. The van der Waals surface area contributed by atoms with Crippen molar-refractivity contribution in [1.29, 1.82) is 5.26 Å². The van der Waals surface area contributed by atoms with Crippen LogP contribution < -0.4 is 15.4 Å². The number of ether oxygens (including phenoxy) is 1. The molecule has 41 heavy (non-hydrogen) atoms. The van der Waals surface area contributed by atoms with Crippen LogP contribution >= 0.6 is 0 Å². The zero-order valence-corrected chi connectivity index (χ0v) is 21.7. The number of nitriles is 1. The molecule has 0 fully saturated rings. The molecule has 1 aromatic heterocycles. The third-order valence-corrected chi connectivity index (χ3v) is 7.62. The molecule has 1 amide bonds. The topological polar surface area (TPSA) is 97.2 Å². The minimum atomic E-state index is -1.62. The van der Waals surface area contributed by atoms with Crippen LogP contribution in [0.3, 0.4) is 0 Å². The predicted octanol–water partition coefficient (Wildman–Crippen LogP) is 5.60. The molecule has 0 saturated heterocycles. The van der Waals surface area contributed by atoms with Crippen molar-refractivity contribution in [1.82, 2.24) is 9.78 Å². The number of anilines is 1. The van der Waals surface area contributed by atoms with Crippen molar-refractivity contribution in [3.8, 4) is 28.9 Å². The molecular formula is C33H22FN5O2. The normalized spacial score (nSPS) is 17.3. The molecule has 1 atom stereocenters.